The molecule has 3 heteroatoms. The van der Waals surface area contributed by atoms with Gasteiger partial charge in [0, 0.05) is 0 Å². The zero-order chi connectivity index (χ0) is 10.1. The average molecular weight is 194 g/mol. The molecule has 1 N–H and O–H groups in total. The van der Waals surface area contributed by atoms with Crippen molar-refractivity contribution in [3.8, 4) is 11.5 Å². The number of hydrogen-bond acceptors (Lipinski definition) is 3. The van der Waals surface area contributed by atoms with E-state index in [2.05, 4.69) is 0 Å². The summed E-state index contributed by atoms with van der Waals surface area (Å²) in [5, 5.41) is 9.67. The molecule has 3 nitrogen and oxygen atoms in total. The minimum atomic E-state index is -0.343. The number of fused-ring (bicyclic) bond motifs is 1. The van der Waals surface area contributed by atoms with E-state index in [0.29, 0.717) is 5.75 Å². The quantitative estimate of drug-likeness (QED) is 0.778. The van der Waals surface area contributed by atoms with Gasteiger partial charge in [-0.25, -0.2) is 0 Å². The smallest absolute Gasteiger partial charge is 0.161 e. The summed E-state index contributed by atoms with van der Waals surface area (Å²) in [5.74, 6) is 1.42. The highest BCUT2D eigenvalue weighted by atomic mass is 16.5. The van der Waals surface area contributed by atoms with Crippen LogP contribution in [0.15, 0.2) is 12.1 Å². The van der Waals surface area contributed by atoms with E-state index in [9.17, 15) is 5.11 Å². The Morgan fingerprint density at radius 2 is 1.86 bits per heavy atom. The van der Waals surface area contributed by atoms with Gasteiger partial charge in [-0.05, 0) is 36.1 Å². The van der Waals surface area contributed by atoms with Crippen LogP contribution in [0.3, 0.4) is 0 Å². The third kappa shape index (κ3) is 1.34. The number of aliphatic hydroxyl groups excluding tert-OH is 1. The molecule has 0 amide bonds. The maximum Gasteiger partial charge on any atom is 0.161 e. The van der Waals surface area contributed by atoms with Crippen molar-refractivity contribution in [2.45, 2.75) is 18.9 Å². The van der Waals surface area contributed by atoms with Crippen LogP contribution < -0.4 is 9.47 Å². The maximum absolute atomic E-state index is 9.67. The average Bonchev–Trinajstić information content (AvgIpc) is 2.58. The SMILES string of the molecule is COc1cc2c(cc1OC)[C@@H](O)CC2. The van der Waals surface area contributed by atoms with E-state index in [0.717, 1.165) is 29.7 Å². The Hall–Kier alpha value is -1.22. The Labute approximate surface area is 83.3 Å². The first-order chi connectivity index (χ1) is 6.76. The van der Waals surface area contributed by atoms with Gasteiger partial charge in [-0.15, -0.1) is 0 Å². The van der Waals surface area contributed by atoms with Crippen LogP contribution in [0.5, 0.6) is 11.5 Å². The van der Waals surface area contributed by atoms with Crippen molar-refractivity contribution >= 4 is 0 Å². The van der Waals surface area contributed by atoms with Gasteiger partial charge in [-0.2, -0.15) is 0 Å². The fraction of sp³-hybridized carbons (Fsp3) is 0.455. The largest absolute Gasteiger partial charge is 0.493 e. The highest BCUT2D eigenvalue weighted by Crippen LogP contribution is 2.38. The molecule has 1 aliphatic rings. The van der Waals surface area contributed by atoms with E-state index in [-0.39, 0.29) is 6.10 Å². The summed E-state index contributed by atoms with van der Waals surface area (Å²) in [7, 11) is 3.22. The van der Waals surface area contributed by atoms with E-state index in [1.807, 2.05) is 12.1 Å². The predicted molar refractivity (Wildman–Crippen MR) is 52.8 cm³/mol. The summed E-state index contributed by atoms with van der Waals surface area (Å²) in [4.78, 5) is 0. The number of hydrogen-bond donors (Lipinski definition) is 1. The van der Waals surface area contributed by atoms with Crippen molar-refractivity contribution in [1.82, 2.24) is 0 Å². The van der Waals surface area contributed by atoms with Crippen molar-refractivity contribution in [1.29, 1.82) is 0 Å². The molecule has 0 bridgehead atoms. The molecule has 0 heterocycles. The van der Waals surface area contributed by atoms with E-state index in [1.165, 1.54) is 0 Å². The summed E-state index contributed by atoms with van der Waals surface area (Å²) in [6, 6.07) is 3.82. The van der Waals surface area contributed by atoms with Gasteiger partial charge in [-0.3, -0.25) is 0 Å². The number of methoxy groups -OCH3 is 2. The molecule has 1 aromatic rings. The summed E-state index contributed by atoms with van der Waals surface area (Å²) in [6.45, 7) is 0. The molecule has 0 saturated carbocycles. The lowest BCUT2D eigenvalue weighted by atomic mass is 10.1. The predicted octanol–water partition coefficient (Wildman–Crippen LogP) is 1.68. The fourth-order valence-electron chi connectivity index (χ4n) is 1.91. The van der Waals surface area contributed by atoms with Crippen LogP contribution in [0.25, 0.3) is 0 Å². The minimum absolute atomic E-state index is 0.343. The lowest BCUT2D eigenvalue weighted by Crippen LogP contribution is -1.95. The van der Waals surface area contributed by atoms with Gasteiger partial charge >= 0.3 is 0 Å². The number of rotatable bonds is 2. The molecule has 0 radical (unpaired) electrons. The molecule has 0 fully saturated rings. The number of aliphatic hydroxyl groups is 1. The molecule has 1 aliphatic carbocycles. The molecule has 0 saturated heterocycles. The van der Waals surface area contributed by atoms with Gasteiger partial charge in [0.15, 0.2) is 11.5 Å². The summed E-state index contributed by atoms with van der Waals surface area (Å²) in [5.41, 5.74) is 2.14. The van der Waals surface area contributed by atoms with Crippen LogP contribution in [0.4, 0.5) is 0 Å². The van der Waals surface area contributed by atoms with Gasteiger partial charge in [0.25, 0.3) is 0 Å². The van der Waals surface area contributed by atoms with Crippen molar-refractivity contribution < 1.29 is 14.6 Å². The first kappa shape index (κ1) is 9.34. The first-order valence-electron chi connectivity index (χ1n) is 4.69. The second-order valence-corrected chi connectivity index (χ2v) is 3.46. The van der Waals surface area contributed by atoms with Crippen LogP contribution in [-0.2, 0) is 6.42 Å². The number of benzene rings is 1. The molecule has 2 rings (SSSR count). The summed E-state index contributed by atoms with van der Waals surface area (Å²) >= 11 is 0. The molecule has 76 valence electrons. The second-order valence-electron chi connectivity index (χ2n) is 3.46. The molecule has 1 atom stereocenters. The van der Waals surface area contributed by atoms with Crippen LogP contribution in [0.1, 0.15) is 23.7 Å². The highest BCUT2D eigenvalue weighted by molar-refractivity contribution is 5.49. The fourth-order valence-corrected chi connectivity index (χ4v) is 1.91. The van der Waals surface area contributed by atoms with Crippen molar-refractivity contribution in [3.63, 3.8) is 0 Å². The van der Waals surface area contributed by atoms with Crippen LogP contribution >= 0.6 is 0 Å². The maximum atomic E-state index is 9.67. The minimum Gasteiger partial charge on any atom is -0.493 e. The summed E-state index contributed by atoms with van der Waals surface area (Å²) in [6.07, 6.45) is 1.37. The Balaban J connectivity index is 2.49. The second kappa shape index (κ2) is 3.50. The monoisotopic (exact) mass is 194 g/mol. The molecule has 0 unspecified atom stereocenters. The van der Waals surface area contributed by atoms with E-state index < -0.39 is 0 Å². The van der Waals surface area contributed by atoms with Gasteiger partial charge < -0.3 is 14.6 Å². The van der Waals surface area contributed by atoms with Crippen molar-refractivity contribution in [2.75, 3.05) is 14.2 Å². The van der Waals surface area contributed by atoms with Crippen LogP contribution in [0, 0.1) is 0 Å². The Morgan fingerprint density at radius 1 is 1.21 bits per heavy atom. The topological polar surface area (TPSA) is 38.7 Å². The van der Waals surface area contributed by atoms with Gasteiger partial charge in [0.05, 0.1) is 20.3 Å². The zero-order valence-corrected chi connectivity index (χ0v) is 8.41. The van der Waals surface area contributed by atoms with Crippen LogP contribution in [0.2, 0.25) is 0 Å². The zero-order valence-electron chi connectivity index (χ0n) is 8.41. The molecule has 0 aliphatic heterocycles. The summed E-state index contributed by atoms with van der Waals surface area (Å²) < 4.78 is 10.4. The number of ether oxygens (including phenoxy) is 2. The van der Waals surface area contributed by atoms with Crippen molar-refractivity contribution in [3.05, 3.63) is 23.3 Å². The Kier molecular flexibility index (Phi) is 2.33. The molecule has 14 heavy (non-hydrogen) atoms. The van der Waals surface area contributed by atoms with E-state index in [4.69, 9.17) is 9.47 Å². The van der Waals surface area contributed by atoms with Gasteiger partial charge in [0.2, 0.25) is 0 Å². The highest BCUT2D eigenvalue weighted by Gasteiger charge is 2.22. The molecule has 1 aromatic carbocycles. The lowest BCUT2D eigenvalue weighted by molar-refractivity contribution is 0.179. The van der Waals surface area contributed by atoms with E-state index in [1.54, 1.807) is 14.2 Å². The Morgan fingerprint density at radius 3 is 2.50 bits per heavy atom. The van der Waals surface area contributed by atoms with E-state index >= 15 is 0 Å². The standard InChI is InChI=1S/C11H14O3/c1-13-10-5-7-3-4-9(12)8(7)6-11(10)14-2/h5-6,9,12H,3-4H2,1-2H3/t9-/m0/s1. The third-order valence-corrected chi connectivity index (χ3v) is 2.69. The molecule has 0 aromatic heterocycles. The first-order valence-corrected chi connectivity index (χ1v) is 4.69. The van der Waals surface area contributed by atoms with Crippen LogP contribution in [-0.4, -0.2) is 19.3 Å². The molecular formula is C11H14O3. The molecule has 0 spiro atoms. The third-order valence-electron chi connectivity index (χ3n) is 2.69. The number of aryl methyl sites for hydroxylation is 1. The normalized spacial score (nSPS) is 19.2. The van der Waals surface area contributed by atoms with Crippen molar-refractivity contribution in [2.24, 2.45) is 0 Å². The van der Waals surface area contributed by atoms with Gasteiger partial charge in [-0.1, -0.05) is 0 Å². The lowest BCUT2D eigenvalue weighted by Gasteiger charge is -2.11. The Bertz CT molecular complexity index is 346. The van der Waals surface area contributed by atoms with Gasteiger partial charge in [0.1, 0.15) is 0 Å². The molecular weight excluding hydrogens is 180 g/mol.